The Kier molecular flexibility index (Phi) is 10.7. The molecule has 1 atom stereocenters. The van der Waals surface area contributed by atoms with Gasteiger partial charge < -0.3 is 30.5 Å². The Bertz CT molecular complexity index is 2040. The van der Waals surface area contributed by atoms with Gasteiger partial charge in [0.15, 0.2) is 26.8 Å². The van der Waals surface area contributed by atoms with Gasteiger partial charge in [-0.3, -0.25) is 4.79 Å². The Balaban J connectivity index is 1.26. The molecule has 0 aliphatic carbocycles. The van der Waals surface area contributed by atoms with Crippen LogP contribution >= 0.6 is 11.6 Å². The number of anilines is 4. The minimum Gasteiger partial charge on any atom is -0.394 e. The smallest absolute Gasteiger partial charge is 0.252 e. The van der Waals surface area contributed by atoms with Crippen molar-refractivity contribution in [2.75, 3.05) is 48.5 Å². The molecule has 14 heteroatoms. The molecule has 1 amide bonds. The van der Waals surface area contributed by atoms with Crippen LogP contribution in [-0.4, -0.2) is 78.0 Å². The summed E-state index contributed by atoms with van der Waals surface area (Å²) in [7, 11) is 0.235. The third-order valence-corrected chi connectivity index (χ3v) is 10.2. The first kappa shape index (κ1) is 34.9. The molecule has 5 rings (SSSR count). The van der Waals surface area contributed by atoms with Crippen molar-refractivity contribution in [3.8, 4) is 0 Å². The normalized spacial score (nSPS) is 12.4. The molecular formula is C34H41ClN8O4S. The maximum atomic E-state index is 13.3. The van der Waals surface area contributed by atoms with Crippen molar-refractivity contribution < 1.29 is 18.3 Å². The molecule has 0 saturated carbocycles. The topological polar surface area (TPSA) is 154 Å². The monoisotopic (exact) mass is 692 g/mol. The second-order valence-corrected chi connectivity index (χ2v) is 14.5. The third-order valence-electron chi connectivity index (χ3n) is 8.05. The van der Waals surface area contributed by atoms with E-state index in [4.69, 9.17) is 11.6 Å². The molecule has 3 aromatic carbocycles. The van der Waals surface area contributed by atoms with E-state index in [-0.39, 0.29) is 52.9 Å². The van der Waals surface area contributed by atoms with Crippen LogP contribution in [0.25, 0.3) is 21.9 Å². The predicted octanol–water partition coefficient (Wildman–Crippen LogP) is 5.80. The summed E-state index contributed by atoms with van der Waals surface area (Å²) in [6.07, 6.45) is 2.62. The molecule has 0 unspecified atom stereocenters. The van der Waals surface area contributed by atoms with E-state index in [1.54, 1.807) is 36.7 Å². The summed E-state index contributed by atoms with van der Waals surface area (Å²) in [5.74, 6) is 0.249. The van der Waals surface area contributed by atoms with Crippen molar-refractivity contribution in [2.24, 2.45) is 0 Å². The number of carbonyl (C=O) groups excluding carboxylic acids is 1. The van der Waals surface area contributed by atoms with E-state index in [1.165, 1.54) is 0 Å². The molecule has 12 nitrogen and oxygen atoms in total. The fraction of sp³-hybridized carbons (Fsp3) is 0.353. The molecule has 4 N–H and O–H groups in total. The van der Waals surface area contributed by atoms with E-state index in [0.29, 0.717) is 40.4 Å². The molecule has 0 aliphatic heterocycles. The van der Waals surface area contributed by atoms with Gasteiger partial charge in [0.25, 0.3) is 5.91 Å². The minimum absolute atomic E-state index is 0.0684. The highest BCUT2D eigenvalue weighted by molar-refractivity contribution is 7.91. The zero-order chi connectivity index (χ0) is 34.6. The lowest BCUT2D eigenvalue weighted by Crippen LogP contribution is -2.26. The number of amides is 1. The maximum Gasteiger partial charge on any atom is 0.252 e. The van der Waals surface area contributed by atoms with Crippen molar-refractivity contribution >= 4 is 72.4 Å². The van der Waals surface area contributed by atoms with Crippen molar-refractivity contribution in [1.82, 2.24) is 24.8 Å². The van der Waals surface area contributed by atoms with E-state index in [0.717, 1.165) is 11.1 Å². The molecule has 0 fully saturated rings. The van der Waals surface area contributed by atoms with Gasteiger partial charge in [0.2, 0.25) is 5.95 Å². The van der Waals surface area contributed by atoms with Crippen molar-refractivity contribution in [1.29, 1.82) is 0 Å². The first-order valence-corrected chi connectivity index (χ1v) is 17.8. The highest BCUT2D eigenvalue weighted by atomic mass is 35.5. The van der Waals surface area contributed by atoms with Crippen LogP contribution in [0, 0.1) is 0 Å². The van der Waals surface area contributed by atoms with E-state index < -0.39 is 15.7 Å². The zero-order valence-electron chi connectivity index (χ0n) is 27.7. The van der Waals surface area contributed by atoms with Crippen LogP contribution in [0.2, 0.25) is 5.02 Å². The number of nitrogens with zero attached hydrogens (tertiary/aromatic N) is 5. The number of aromatic nitrogens is 4. The van der Waals surface area contributed by atoms with Crippen LogP contribution in [0.3, 0.4) is 0 Å². The minimum atomic E-state index is -3.61. The Morgan fingerprint density at radius 2 is 1.81 bits per heavy atom. The molecular weight excluding hydrogens is 652 g/mol. The number of aliphatic hydroxyl groups is 1. The second-order valence-electron chi connectivity index (χ2n) is 12.0. The summed E-state index contributed by atoms with van der Waals surface area (Å²) in [6.45, 7) is 6.10. The average molecular weight is 693 g/mol. The van der Waals surface area contributed by atoms with Crippen molar-refractivity contribution in [3.63, 3.8) is 0 Å². The van der Waals surface area contributed by atoms with Crippen LogP contribution in [0.5, 0.6) is 0 Å². The maximum absolute atomic E-state index is 13.3. The Hall–Kier alpha value is -4.46. The third kappa shape index (κ3) is 7.48. The number of benzene rings is 3. The summed E-state index contributed by atoms with van der Waals surface area (Å²) in [5, 5.41) is 20.6. The van der Waals surface area contributed by atoms with Crippen LogP contribution in [0.4, 0.5) is 23.1 Å². The average Bonchev–Trinajstić information content (AvgIpc) is 3.49. The Morgan fingerprint density at radius 1 is 1.06 bits per heavy atom. The number of sulfone groups is 1. The summed E-state index contributed by atoms with van der Waals surface area (Å²) in [6, 6.07) is 15.7. The quantitative estimate of drug-likeness (QED) is 0.105. The second kappa shape index (κ2) is 14.8. The van der Waals surface area contributed by atoms with Gasteiger partial charge in [-0.15, -0.1) is 0 Å². The number of fused-ring (bicyclic) bond motifs is 2. The summed E-state index contributed by atoms with van der Waals surface area (Å²) in [5.41, 5.74) is 2.95. The zero-order valence-corrected chi connectivity index (χ0v) is 29.2. The number of carbonyl (C=O) groups is 1. The van der Waals surface area contributed by atoms with Gasteiger partial charge >= 0.3 is 0 Å². The van der Waals surface area contributed by atoms with Crippen LogP contribution in [0.15, 0.2) is 65.8 Å². The van der Waals surface area contributed by atoms with E-state index >= 15 is 0 Å². The van der Waals surface area contributed by atoms with E-state index in [1.807, 2.05) is 68.6 Å². The largest absolute Gasteiger partial charge is 0.394 e. The molecule has 2 heterocycles. The van der Waals surface area contributed by atoms with E-state index in [9.17, 15) is 18.3 Å². The van der Waals surface area contributed by atoms with Crippen LogP contribution in [0.1, 0.15) is 50.0 Å². The fourth-order valence-electron chi connectivity index (χ4n) is 5.41. The van der Waals surface area contributed by atoms with Gasteiger partial charge in [-0.2, -0.15) is 9.97 Å². The summed E-state index contributed by atoms with van der Waals surface area (Å²) in [4.78, 5) is 29.0. The number of hydrogen-bond acceptors (Lipinski definition) is 10. The molecule has 0 radical (unpaired) electrons. The van der Waals surface area contributed by atoms with Crippen molar-refractivity contribution in [3.05, 3.63) is 71.5 Å². The van der Waals surface area contributed by atoms with Gasteiger partial charge in [-0.25, -0.2) is 13.4 Å². The van der Waals surface area contributed by atoms with Crippen LogP contribution in [-0.2, 0) is 9.84 Å². The number of nitrogens with one attached hydrogen (secondary N) is 3. The first-order valence-electron chi connectivity index (χ1n) is 15.8. The van der Waals surface area contributed by atoms with Gasteiger partial charge in [0.1, 0.15) is 0 Å². The molecule has 254 valence electrons. The predicted molar refractivity (Wildman–Crippen MR) is 193 cm³/mol. The molecule has 0 aliphatic rings. The van der Waals surface area contributed by atoms with Gasteiger partial charge in [0.05, 0.1) is 40.2 Å². The molecule has 2 aromatic heterocycles. The SMILES string of the molecule is CC[C@H](CO)Nc1nc(Nc2ccc(C(=O)NCCCS(=O)(=O)c3cccc4c(N(C)C)cccc34)c(Cl)c2)c2ncn(C(C)C)c2n1. The molecule has 0 bridgehead atoms. The summed E-state index contributed by atoms with van der Waals surface area (Å²) >= 11 is 6.56. The fourth-order valence-corrected chi connectivity index (χ4v) is 7.22. The molecule has 5 aromatic rings. The molecule has 0 saturated heterocycles. The van der Waals surface area contributed by atoms with Gasteiger partial charge in [-0.05, 0) is 57.0 Å². The number of aliphatic hydroxyl groups excluding tert-OH is 1. The first-order chi connectivity index (χ1) is 22.9. The van der Waals surface area contributed by atoms with Crippen molar-refractivity contribution in [2.45, 2.75) is 50.6 Å². The van der Waals surface area contributed by atoms with E-state index in [2.05, 4.69) is 30.9 Å². The summed E-state index contributed by atoms with van der Waals surface area (Å²) < 4.78 is 28.6. The van der Waals surface area contributed by atoms with Gasteiger partial charge in [-0.1, -0.05) is 42.8 Å². The Morgan fingerprint density at radius 3 is 2.50 bits per heavy atom. The highest BCUT2D eigenvalue weighted by Crippen LogP contribution is 2.31. The standard InChI is InChI=1S/C34H41ClN8O4S/c1-6-22(19-44)39-34-40-31(30-32(41-34)43(20-37-30)21(2)3)38-23-14-15-26(27(35)18-23)33(45)36-16-9-17-48(46,47)29-13-8-10-24-25(29)11-7-12-28(24)42(4)5/h7-8,10-15,18,20-22,44H,6,9,16-17,19H2,1-5H3,(H,36,45)(H2,38,39,40,41)/t22-/m1/s1. The lowest BCUT2D eigenvalue weighted by Gasteiger charge is -2.17. The molecule has 48 heavy (non-hydrogen) atoms. The van der Waals surface area contributed by atoms with Gasteiger partial charge in [0, 0.05) is 48.8 Å². The highest BCUT2D eigenvalue weighted by Gasteiger charge is 2.20. The number of imidazole rings is 1. The molecule has 0 spiro atoms. The number of hydrogen-bond donors (Lipinski definition) is 4. The lowest BCUT2D eigenvalue weighted by atomic mass is 10.1. The lowest BCUT2D eigenvalue weighted by molar-refractivity contribution is 0.0954. The van der Waals surface area contributed by atoms with Crippen LogP contribution < -0.4 is 20.9 Å². The number of halogens is 1. The Labute approximate surface area is 285 Å². The number of rotatable bonds is 14.